The van der Waals surface area contributed by atoms with E-state index in [1.807, 2.05) is 18.2 Å². The first-order chi connectivity index (χ1) is 6.95. The lowest BCUT2D eigenvalue weighted by molar-refractivity contribution is 0.152. The van der Waals surface area contributed by atoms with Gasteiger partial charge in [0.2, 0.25) is 0 Å². The molecule has 0 aromatic heterocycles. The van der Waals surface area contributed by atoms with Crippen LogP contribution in [-0.2, 0) is 11.2 Å². The van der Waals surface area contributed by atoms with Crippen LogP contribution in [0.4, 0.5) is 0 Å². The molecule has 0 saturated carbocycles. The van der Waals surface area contributed by atoms with E-state index in [9.17, 15) is 0 Å². The summed E-state index contributed by atoms with van der Waals surface area (Å²) in [5.41, 5.74) is 1.28. The molecule has 0 N–H and O–H groups in total. The summed E-state index contributed by atoms with van der Waals surface area (Å²) in [6, 6.07) is 10.3. The number of hydrogen-bond acceptors (Lipinski definition) is 1. The van der Waals surface area contributed by atoms with Gasteiger partial charge in [0.25, 0.3) is 0 Å². The van der Waals surface area contributed by atoms with Gasteiger partial charge in [-0.3, -0.25) is 0 Å². The average Bonchev–Trinajstić information content (AvgIpc) is 2.72. The zero-order chi connectivity index (χ0) is 9.64. The third kappa shape index (κ3) is 2.61. The normalized spacial score (nSPS) is 20.1. The molecule has 1 heteroatoms. The second kappa shape index (κ2) is 4.83. The highest BCUT2D eigenvalue weighted by molar-refractivity contribution is 5.21. The minimum atomic E-state index is 0.193. The Hall–Kier alpha value is -1.26. The van der Waals surface area contributed by atoms with Crippen molar-refractivity contribution in [3.63, 3.8) is 0 Å². The standard InChI is InChI=1S/C13H14O/c1-2-6-12(7-3-1)8-4-9-13-10-5-11-14-13/h1-3,6-7,13H,5,8,10-11H2/t13-/m1/s1. The molecule has 0 amide bonds. The van der Waals surface area contributed by atoms with E-state index in [0.29, 0.717) is 0 Å². The summed E-state index contributed by atoms with van der Waals surface area (Å²) in [5.74, 6) is 6.33. The second-order valence-corrected chi connectivity index (χ2v) is 3.49. The zero-order valence-corrected chi connectivity index (χ0v) is 8.20. The van der Waals surface area contributed by atoms with Crippen molar-refractivity contribution in [1.29, 1.82) is 0 Å². The van der Waals surface area contributed by atoms with E-state index in [1.54, 1.807) is 0 Å². The molecule has 1 heterocycles. The Labute approximate surface area is 85.1 Å². The average molecular weight is 186 g/mol. The van der Waals surface area contributed by atoms with E-state index in [2.05, 4.69) is 24.0 Å². The highest BCUT2D eigenvalue weighted by Crippen LogP contribution is 2.10. The maximum Gasteiger partial charge on any atom is 0.118 e. The van der Waals surface area contributed by atoms with E-state index >= 15 is 0 Å². The summed E-state index contributed by atoms with van der Waals surface area (Å²) in [6.07, 6.45) is 3.28. The smallest absolute Gasteiger partial charge is 0.118 e. The molecular weight excluding hydrogens is 172 g/mol. The predicted octanol–water partition coefficient (Wildman–Crippen LogP) is 2.41. The molecule has 1 atom stereocenters. The molecule has 0 aliphatic carbocycles. The van der Waals surface area contributed by atoms with Gasteiger partial charge in [-0.05, 0) is 18.4 Å². The molecule has 72 valence electrons. The van der Waals surface area contributed by atoms with Gasteiger partial charge in [-0.2, -0.15) is 0 Å². The lowest BCUT2D eigenvalue weighted by atomic mass is 10.1. The molecule has 0 unspecified atom stereocenters. The van der Waals surface area contributed by atoms with Crippen molar-refractivity contribution in [2.24, 2.45) is 0 Å². The highest BCUT2D eigenvalue weighted by Gasteiger charge is 2.11. The largest absolute Gasteiger partial charge is 0.366 e. The molecule has 2 rings (SSSR count). The fourth-order valence-corrected chi connectivity index (χ4v) is 1.55. The van der Waals surface area contributed by atoms with Crippen molar-refractivity contribution in [3.05, 3.63) is 35.9 Å². The second-order valence-electron chi connectivity index (χ2n) is 3.49. The van der Waals surface area contributed by atoms with Crippen LogP contribution in [-0.4, -0.2) is 12.7 Å². The Morgan fingerprint density at radius 3 is 2.86 bits per heavy atom. The van der Waals surface area contributed by atoms with Crippen LogP contribution in [0.1, 0.15) is 18.4 Å². The first-order valence-electron chi connectivity index (χ1n) is 5.09. The molecular formula is C13H14O. The molecule has 1 aliphatic rings. The number of hydrogen-bond donors (Lipinski definition) is 0. The Morgan fingerprint density at radius 2 is 2.14 bits per heavy atom. The summed E-state index contributed by atoms with van der Waals surface area (Å²) < 4.78 is 5.42. The number of benzene rings is 1. The van der Waals surface area contributed by atoms with Crippen molar-refractivity contribution < 1.29 is 4.74 Å². The van der Waals surface area contributed by atoms with Crippen molar-refractivity contribution >= 4 is 0 Å². The van der Waals surface area contributed by atoms with E-state index < -0.39 is 0 Å². The van der Waals surface area contributed by atoms with Gasteiger partial charge in [-0.25, -0.2) is 0 Å². The summed E-state index contributed by atoms with van der Waals surface area (Å²) in [7, 11) is 0. The minimum Gasteiger partial charge on any atom is -0.366 e. The van der Waals surface area contributed by atoms with Gasteiger partial charge < -0.3 is 4.74 Å². The van der Waals surface area contributed by atoms with Crippen LogP contribution < -0.4 is 0 Å². The van der Waals surface area contributed by atoms with Crippen molar-refractivity contribution in [2.75, 3.05) is 6.61 Å². The fourth-order valence-electron chi connectivity index (χ4n) is 1.55. The van der Waals surface area contributed by atoms with Crippen LogP contribution in [0.25, 0.3) is 0 Å². The topological polar surface area (TPSA) is 9.23 Å². The van der Waals surface area contributed by atoms with Crippen molar-refractivity contribution in [2.45, 2.75) is 25.4 Å². The van der Waals surface area contributed by atoms with Crippen LogP contribution in [0.3, 0.4) is 0 Å². The third-order valence-electron chi connectivity index (χ3n) is 2.33. The van der Waals surface area contributed by atoms with Gasteiger partial charge in [-0.1, -0.05) is 42.2 Å². The third-order valence-corrected chi connectivity index (χ3v) is 2.33. The molecule has 1 aliphatic heterocycles. The van der Waals surface area contributed by atoms with Gasteiger partial charge in [0.1, 0.15) is 6.10 Å². The lowest BCUT2D eigenvalue weighted by Gasteiger charge is -1.97. The predicted molar refractivity (Wildman–Crippen MR) is 56.9 cm³/mol. The van der Waals surface area contributed by atoms with Gasteiger partial charge in [-0.15, -0.1) is 0 Å². The van der Waals surface area contributed by atoms with Crippen LogP contribution >= 0.6 is 0 Å². The lowest BCUT2D eigenvalue weighted by Crippen LogP contribution is -1.99. The Bertz CT molecular complexity index is 325. The quantitative estimate of drug-likeness (QED) is 0.612. The van der Waals surface area contributed by atoms with Crippen LogP contribution in [0.5, 0.6) is 0 Å². The van der Waals surface area contributed by atoms with E-state index in [4.69, 9.17) is 4.74 Å². The maximum absolute atomic E-state index is 5.42. The first-order valence-corrected chi connectivity index (χ1v) is 5.09. The monoisotopic (exact) mass is 186 g/mol. The molecule has 1 nitrogen and oxygen atoms in total. The van der Waals surface area contributed by atoms with Crippen LogP contribution in [0, 0.1) is 11.8 Å². The number of rotatable bonds is 1. The van der Waals surface area contributed by atoms with Gasteiger partial charge in [0.05, 0.1) is 0 Å². The van der Waals surface area contributed by atoms with E-state index in [0.717, 1.165) is 25.9 Å². The van der Waals surface area contributed by atoms with Crippen molar-refractivity contribution in [3.8, 4) is 11.8 Å². The zero-order valence-electron chi connectivity index (χ0n) is 8.20. The fraction of sp³-hybridized carbons (Fsp3) is 0.385. The molecule has 1 aromatic rings. The van der Waals surface area contributed by atoms with Crippen LogP contribution in [0.2, 0.25) is 0 Å². The maximum atomic E-state index is 5.42. The molecule has 14 heavy (non-hydrogen) atoms. The number of ether oxygens (including phenoxy) is 1. The Kier molecular flexibility index (Phi) is 3.21. The summed E-state index contributed by atoms with van der Waals surface area (Å²) >= 11 is 0. The molecule has 0 spiro atoms. The van der Waals surface area contributed by atoms with Gasteiger partial charge >= 0.3 is 0 Å². The van der Waals surface area contributed by atoms with Crippen molar-refractivity contribution in [1.82, 2.24) is 0 Å². The summed E-state index contributed by atoms with van der Waals surface area (Å²) in [5, 5.41) is 0. The summed E-state index contributed by atoms with van der Waals surface area (Å²) in [6.45, 7) is 0.880. The molecule has 1 aromatic carbocycles. The molecule has 0 radical (unpaired) electrons. The van der Waals surface area contributed by atoms with E-state index in [1.165, 1.54) is 5.56 Å². The van der Waals surface area contributed by atoms with Crippen LogP contribution in [0.15, 0.2) is 30.3 Å². The minimum absolute atomic E-state index is 0.193. The summed E-state index contributed by atoms with van der Waals surface area (Å²) in [4.78, 5) is 0. The highest BCUT2D eigenvalue weighted by atomic mass is 16.5. The molecule has 1 saturated heterocycles. The van der Waals surface area contributed by atoms with E-state index in [-0.39, 0.29) is 6.10 Å². The molecule has 1 fully saturated rings. The van der Waals surface area contributed by atoms with Gasteiger partial charge in [0, 0.05) is 13.0 Å². The SMILES string of the molecule is C(#C[C@@H]1CCCO1)Cc1ccccc1. The molecule has 0 bridgehead atoms. The first kappa shape index (κ1) is 9.30. The van der Waals surface area contributed by atoms with Gasteiger partial charge in [0.15, 0.2) is 0 Å². The Balaban J connectivity index is 1.87. The Morgan fingerprint density at radius 1 is 1.29 bits per heavy atom.